The maximum Gasteiger partial charge on any atom is 0.251 e. The van der Waals surface area contributed by atoms with E-state index < -0.39 is 0 Å². The van der Waals surface area contributed by atoms with Gasteiger partial charge in [-0.25, -0.2) is 0 Å². The molecule has 30 heavy (non-hydrogen) atoms. The Bertz CT molecular complexity index is 942. The number of benzene rings is 2. The second kappa shape index (κ2) is 8.25. The highest BCUT2D eigenvalue weighted by atomic mass is 16.2. The highest BCUT2D eigenvalue weighted by Crippen LogP contribution is 2.30. The molecule has 2 aromatic carbocycles. The molecule has 2 aromatic rings. The zero-order valence-corrected chi connectivity index (χ0v) is 17.5. The average molecular weight is 403 g/mol. The molecule has 2 saturated carbocycles. The lowest BCUT2D eigenvalue weighted by molar-refractivity contribution is -0.131. The maximum absolute atomic E-state index is 13.1. The largest absolute Gasteiger partial charge is 0.349 e. The molecule has 156 valence electrons. The minimum Gasteiger partial charge on any atom is -0.349 e. The third kappa shape index (κ3) is 4.58. The zero-order valence-electron chi connectivity index (χ0n) is 17.5. The van der Waals surface area contributed by atoms with Crippen LogP contribution in [0, 0.1) is 0 Å². The second-order valence-electron chi connectivity index (χ2n) is 9.18. The minimum absolute atomic E-state index is 0.00610. The number of fused-ring (bicyclic) bond motifs is 1. The monoisotopic (exact) mass is 402 g/mol. The van der Waals surface area contributed by atoms with E-state index in [9.17, 15) is 9.59 Å². The summed E-state index contributed by atoms with van der Waals surface area (Å²) in [4.78, 5) is 27.4. The lowest BCUT2D eigenvalue weighted by Crippen LogP contribution is -2.34. The first-order valence-corrected chi connectivity index (χ1v) is 11.5. The Hall–Kier alpha value is -2.62. The van der Waals surface area contributed by atoms with Crippen LogP contribution in [0.5, 0.6) is 0 Å². The first-order valence-electron chi connectivity index (χ1n) is 11.5. The number of carbonyl (C=O) groups excluding carboxylic acids is 2. The number of rotatable bonds is 7. The van der Waals surface area contributed by atoms with Gasteiger partial charge in [0.1, 0.15) is 0 Å². The molecular formula is C26H30N2O2. The van der Waals surface area contributed by atoms with E-state index in [2.05, 4.69) is 23.5 Å². The molecule has 0 saturated heterocycles. The normalized spacial score (nSPS) is 17.9. The summed E-state index contributed by atoms with van der Waals surface area (Å²) >= 11 is 0. The van der Waals surface area contributed by atoms with E-state index in [1.54, 1.807) is 0 Å². The third-order valence-electron chi connectivity index (χ3n) is 6.56. The van der Waals surface area contributed by atoms with E-state index >= 15 is 0 Å². The van der Waals surface area contributed by atoms with Crippen LogP contribution in [0.4, 0.5) is 0 Å². The molecule has 0 heterocycles. The Morgan fingerprint density at radius 3 is 2.27 bits per heavy atom. The first kappa shape index (κ1) is 19.3. The summed E-state index contributed by atoms with van der Waals surface area (Å²) in [7, 11) is 0. The Kier molecular flexibility index (Phi) is 5.32. The molecule has 4 nitrogen and oxygen atoms in total. The van der Waals surface area contributed by atoms with Gasteiger partial charge in [-0.2, -0.15) is 0 Å². The fraction of sp³-hybridized carbons (Fsp3) is 0.462. The molecule has 0 aliphatic heterocycles. The standard InChI is InChI=1S/C26H30N2O2/c29-25(16-19-7-8-20-3-1-2-4-22(20)15-19)28(24-13-14-24)17-18-5-9-21(10-6-18)26(30)27-23-11-12-23/h5-10,15,23-24H,1-4,11-14,16-17H2,(H,27,30). The summed E-state index contributed by atoms with van der Waals surface area (Å²) in [5, 5.41) is 3.02. The van der Waals surface area contributed by atoms with Crippen molar-refractivity contribution >= 4 is 11.8 Å². The first-order chi connectivity index (χ1) is 14.7. The van der Waals surface area contributed by atoms with Gasteiger partial charge >= 0.3 is 0 Å². The molecule has 0 atom stereocenters. The van der Waals surface area contributed by atoms with Gasteiger partial charge in [0.25, 0.3) is 5.91 Å². The molecule has 4 heteroatoms. The molecule has 0 unspecified atom stereocenters. The van der Waals surface area contributed by atoms with E-state index in [1.165, 1.54) is 30.4 Å². The quantitative estimate of drug-likeness (QED) is 0.755. The second-order valence-corrected chi connectivity index (χ2v) is 9.18. The highest BCUT2D eigenvalue weighted by molar-refractivity contribution is 5.94. The van der Waals surface area contributed by atoms with Crippen LogP contribution < -0.4 is 5.32 Å². The van der Waals surface area contributed by atoms with Crippen LogP contribution in [-0.2, 0) is 30.6 Å². The Morgan fingerprint density at radius 2 is 1.57 bits per heavy atom. The molecule has 0 bridgehead atoms. The van der Waals surface area contributed by atoms with Crippen molar-refractivity contribution in [3.8, 4) is 0 Å². The van der Waals surface area contributed by atoms with Crippen LogP contribution in [0.1, 0.15) is 71.1 Å². The van der Waals surface area contributed by atoms with E-state index in [0.29, 0.717) is 30.6 Å². The molecule has 2 amide bonds. The Labute approximate surface area is 178 Å². The van der Waals surface area contributed by atoms with Crippen LogP contribution in [0.2, 0.25) is 0 Å². The summed E-state index contributed by atoms with van der Waals surface area (Å²) < 4.78 is 0. The van der Waals surface area contributed by atoms with Gasteiger partial charge in [-0.1, -0.05) is 30.3 Å². The van der Waals surface area contributed by atoms with Crippen LogP contribution in [0.15, 0.2) is 42.5 Å². The van der Waals surface area contributed by atoms with Crippen LogP contribution in [-0.4, -0.2) is 28.8 Å². The van der Waals surface area contributed by atoms with Gasteiger partial charge in [0, 0.05) is 24.2 Å². The van der Waals surface area contributed by atoms with Gasteiger partial charge < -0.3 is 10.2 Å². The Morgan fingerprint density at radius 1 is 0.867 bits per heavy atom. The molecule has 3 aliphatic rings. The van der Waals surface area contributed by atoms with Crippen LogP contribution in [0.3, 0.4) is 0 Å². The molecule has 3 aliphatic carbocycles. The summed E-state index contributed by atoms with van der Waals surface area (Å²) in [6.07, 6.45) is 9.70. The number of hydrogen-bond acceptors (Lipinski definition) is 2. The van der Waals surface area contributed by atoms with Crippen molar-refractivity contribution in [1.29, 1.82) is 0 Å². The van der Waals surface area contributed by atoms with Gasteiger partial charge in [0.15, 0.2) is 0 Å². The molecule has 5 rings (SSSR count). The van der Waals surface area contributed by atoms with Gasteiger partial charge in [0.2, 0.25) is 5.91 Å². The van der Waals surface area contributed by atoms with Crippen molar-refractivity contribution in [1.82, 2.24) is 10.2 Å². The van der Waals surface area contributed by atoms with E-state index in [-0.39, 0.29) is 11.8 Å². The summed E-state index contributed by atoms with van der Waals surface area (Å²) in [5.74, 6) is 0.218. The highest BCUT2D eigenvalue weighted by Gasteiger charge is 2.32. The molecule has 2 fully saturated rings. The smallest absolute Gasteiger partial charge is 0.251 e. The van der Waals surface area contributed by atoms with Crippen LogP contribution >= 0.6 is 0 Å². The molecule has 1 N–H and O–H groups in total. The number of aryl methyl sites for hydroxylation is 2. The van der Waals surface area contributed by atoms with E-state index in [0.717, 1.165) is 43.2 Å². The number of nitrogens with zero attached hydrogens (tertiary/aromatic N) is 1. The van der Waals surface area contributed by atoms with Crippen molar-refractivity contribution in [2.45, 2.75) is 76.4 Å². The Balaban J connectivity index is 1.24. The van der Waals surface area contributed by atoms with Crippen LogP contribution in [0.25, 0.3) is 0 Å². The third-order valence-corrected chi connectivity index (χ3v) is 6.56. The molecule has 0 radical (unpaired) electrons. The summed E-state index contributed by atoms with van der Waals surface area (Å²) in [6.45, 7) is 0.624. The van der Waals surface area contributed by atoms with Crippen molar-refractivity contribution in [3.05, 3.63) is 70.3 Å². The molecule has 0 aromatic heterocycles. The van der Waals surface area contributed by atoms with Gasteiger partial charge in [-0.3, -0.25) is 9.59 Å². The lowest BCUT2D eigenvalue weighted by Gasteiger charge is -2.23. The van der Waals surface area contributed by atoms with Gasteiger partial charge in [-0.15, -0.1) is 0 Å². The maximum atomic E-state index is 13.1. The van der Waals surface area contributed by atoms with Crippen molar-refractivity contribution in [2.24, 2.45) is 0 Å². The van der Waals surface area contributed by atoms with Crippen molar-refractivity contribution in [3.63, 3.8) is 0 Å². The summed E-state index contributed by atoms with van der Waals surface area (Å²) in [6, 6.07) is 15.1. The SMILES string of the molecule is O=C(NC1CC1)c1ccc(CN(C(=O)Cc2ccc3c(c2)CCCC3)C2CC2)cc1. The number of carbonyl (C=O) groups is 2. The number of hydrogen-bond donors (Lipinski definition) is 1. The topological polar surface area (TPSA) is 49.4 Å². The van der Waals surface area contributed by atoms with Crippen molar-refractivity contribution in [2.75, 3.05) is 0 Å². The fourth-order valence-corrected chi connectivity index (χ4v) is 4.43. The number of amides is 2. The predicted molar refractivity (Wildman–Crippen MR) is 117 cm³/mol. The molecular weight excluding hydrogens is 372 g/mol. The van der Waals surface area contributed by atoms with Crippen molar-refractivity contribution < 1.29 is 9.59 Å². The van der Waals surface area contributed by atoms with Gasteiger partial charge in [-0.05, 0) is 85.8 Å². The minimum atomic E-state index is 0.00610. The molecule has 0 spiro atoms. The summed E-state index contributed by atoms with van der Waals surface area (Å²) in [5.41, 5.74) is 5.82. The fourth-order valence-electron chi connectivity index (χ4n) is 4.43. The lowest BCUT2D eigenvalue weighted by atomic mass is 9.90. The van der Waals surface area contributed by atoms with Gasteiger partial charge in [0.05, 0.1) is 6.42 Å². The van der Waals surface area contributed by atoms with E-state index in [1.807, 2.05) is 29.2 Å². The van der Waals surface area contributed by atoms with E-state index in [4.69, 9.17) is 0 Å². The zero-order chi connectivity index (χ0) is 20.5. The average Bonchev–Trinajstić information content (AvgIpc) is 3.67. The number of nitrogens with one attached hydrogen (secondary N) is 1. The predicted octanol–water partition coefficient (Wildman–Crippen LogP) is 4.19.